The van der Waals surface area contributed by atoms with E-state index in [0.717, 1.165) is 0 Å². The van der Waals surface area contributed by atoms with E-state index in [2.05, 4.69) is 6.58 Å². The molecule has 1 heterocycles. The number of hydrogen-bond acceptors (Lipinski definition) is 6. The first-order chi connectivity index (χ1) is 12.3. The molecule has 1 aromatic heterocycles. The normalized spacial score (nSPS) is 12.2. The van der Waals surface area contributed by atoms with E-state index >= 15 is 0 Å². The molecule has 0 amide bonds. The molecule has 0 fully saturated rings. The van der Waals surface area contributed by atoms with Gasteiger partial charge in [-0.3, -0.25) is 4.79 Å². The van der Waals surface area contributed by atoms with Crippen LogP contribution in [0.4, 0.5) is 0 Å². The van der Waals surface area contributed by atoms with Crippen molar-refractivity contribution >= 4 is 11.0 Å². The Hall–Kier alpha value is -3.25. The van der Waals surface area contributed by atoms with Crippen LogP contribution in [-0.4, -0.2) is 26.5 Å². The van der Waals surface area contributed by atoms with E-state index in [9.17, 15) is 25.2 Å². The summed E-state index contributed by atoms with van der Waals surface area (Å²) in [5.41, 5.74) is 0.612. The van der Waals surface area contributed by atoms with Crippen molar-refractivity contribution in [2.75, 3.05) is 0 Å². The molecule has 0 saturated heterocycles. The van der Waals surface area contributed by atoms with Gasteiger partial charge in [0.15, 0.2) is 5.43 Å². The van der Waals surface area contributed by atoms with Gasteiger partial charge in [-0.2, -0.15) is 0 Å². The number of benzene rings is 2. The second-order valence-electron chi connectivity index (χ2n) is 6.18. The largest absolute Gasteiger partial charge is 0.508 e. The van der Waals surface area contributed by atoms with Crippen LogP contribution in [0.2, 0.25) is 0 Å². The Morgan fingerprint density at radius 3 is 2.42 bits per heavy atom. The molecule has 1 atom stereocenters. The molecule has 3 rings (SSSR count). The maximum Gasteiger partial charge on any atom is 0.197 e. The maximum absolute atomic E-state index is 12.5. The summed E-state index contributed by atoms with van der Waals surface area (Å²) in [7, 11) is 0. The fraction of sp³-hybridized carbons (Fsp3) is 0.150. The minimum absolute atomic E-state index is 0.0177. The predicted octanol–water partition coefficient (Wildman–Crippen LogP) is 3.06. The van der Waals surface area contributed by atoms with E-state index in [0.29, 0.717) is 11.1 Å². The Balaban J connectivity index is 2.17. The molecule has 0 unspecified atom stereocenters. The molecule has 4 N–H and O–H groups in total. The van der Waals surface area contributed by atoms with Crippen molar-refractivity contribution in [2.45, 2.75) is 19.4 Å². The molecule has 134 valence electrons. The molecule has 0 saturated carbocycles. The van der Waals surface area contributed by atoms with E-state index in [4.69, 9.17) is 4.42 Å². The smallest absolute Gasteiger partial charge is 0.197 e. The maximum atomic E-state index is 12.5. The Bertz CT molecular complexity index is 1050. The molecule has 6 nitrogen and oxygen atoms in total. The van der Waals surface area contributed by atoms with Crippen molar-refractivity contribution in [1.29, 1.82) is 0 Å². The molecule has 0 aliphatic rings. The van der Waals surface area contributed by atoms with E-state index in [1.165, 1.54) is 24.3 Å². The zero-order valence-corrected chi connectivity index (χ0v) is 14.1. The first-order valence-corrected chi connectivity index (χ1v) is 7.92. The number of aliphatic hydroxyl groups is 1. The van der Waals surface area contributed by atoms with E-state index in [-0.39, 0.29) is 40.2 Å². The van der Waals surface area contributed by atoms with Gasteiger partial charge in [0, 0.05) is 29.7 Å². The number of rotatable bonds is 4. The van der Waals surface area contributed by atoms with Gasteiger partial charge in [0.2, 0.25) is 0 Å². The van der Waals surface area contributed by atoms with Gasteiger partial charge >= 0.3 is 0 Å². The molecule has 2 aromatic carbocycles. The summed E-state index contributed by atoms with van der Waals surface area (Å²) < 4.78 is 5.66. The number of aromatic hydroxyl groups is 3. The quantitative estimate of drug-likeness (QED) is 0.536. The van der Waals surface area contributed by atoms with E-state index < -0.39 is 17.3 Å². The first-order valence-electron chi connectivity index (χ1n) is 7.92. The van der Waals surface area contributed by atoms with Crippen LogP contribution in [0.25, 0.3) is 22.3 Å². The summed E-state index contributed by atoms with van der Waals surface area (Å²) in [4.78, 5) is 12.5. The van der Waals surface area contributed by atoms with Crippen LogP contribution in [-0.2, 0) is 6.42 Å². The Morgan fingerprint density at radius 2 is 1.81 bits per heavy atom. The summed E-state index contributed by atoms with van der Waals surface area (Å²) in [6, 6.07) is 8.53. The van der Waals surface area contributed by atoms with Gasteiger partial charge in [-0.15, -0.1) is 0 Å². The molecule has 0 aliphatic heterocycles. The fourth-order valence-corrected chi connectivity index (χ4v) is 2.67. The van der Waals surface area contributed by atoms with Crippen LogP contribution in [0, 0.1) is 0 Å². The highest BCUT2D eigenvalue weighted by molar-refractivity contribution is 5.88. The number of phenols is 3. The summed E-state index contributed by atoms with van der Waals surface area (Å²) in [6.45, 7) is 5.25. The van der Waals surface area contributed by atoms with Gasteiger partial charge in [0.1, 0.15) is 34.0 Å². The summed E-state index contributed by atoms with van der Waals surface area (Å²) in [5.74, 6) is -0.406. The Kier molecular flexibility index (Phi) is 4.44. The average molecular weight is 354 g/mol. The molecule has 26 heavy (non-hydrogen) atoms. The summed E-state index contributed by atoms with van der Waals surface area (Å²) in [6.07, 6.45) is -1.05. The van der Waals surface area contributed by atoms with Crippen molar-refractivity contribution in [3.8, 4) is 28.6 Å². The first kappa shape index (κ1) is 17.6. The molecule has 0 aliphatic carbocycles. The number of aliphatic hydroxyl groups excluding tert-OH is 1. The van der Waals surface area contributed by atoms with Crippen LogP contribution >= 0.6 is 0 Å². The monoisotopic (exact) mass is 354 g/mol. The van der Waals surface area contributed by atoms with Crippen molar-refractivity contribution in [3.63, 3.8) is 0 Å². The van der Waals surface area contributed by atoms with Crippen molar-refractivity contribution in [3.05, 3.63) is 64.3 Å². The predicted molar refractivity (Wildman–Crippen MR) is 97.4 cm³/mol. The molecule has 0 spiro atoms. The summed E-state index contributed by atoms with van der Waals surface area (Å²) >= 11 is 0. The van der Waals surface area contributed by atoms with Crippen LogP contribution in [0.3, 0.4) is 0 Å². The number of phenolic OH excluding ortho intramolecular Hbond substituents is 3. The van der Waals surface area contributed by atoms with Gasteiger partial charge in [-0.05, 0) is 31.2 Å². The molecule has 0 bridgehead atoms. The second-order valence-corrected chi connectivity index (χ2v) is 6.18. The highest BCUT2D eigenvalue weighted by Crippen LogP contribution is 2.36. The minimum Gasteiger partial charge on any atom is -0.508 e. The van der Waals surface area contributed by atoms with Gasteiger partial charge in [-0.25, -0.2) is 0 Å². The van der Waals surface area contributed by atoms with Gasteiger partial charge < -0.3 is 24.8 Å². The van der Waals surface area contributed by atoms with Crippen molar-refractivity contribution in [1.82, 2.24) is 0 Å². The molecule has 3 aromatic rings. The number of hydrogen-bond donors (Lipinski definition) is 4. The van der Waals surface area contributed by atoms with Crippen LogP contribution in [0.5, 0.6) is 17.2 Å². The van der Waals surface area contributed by atoms with E-state index in [1.807, 2.05) is 0 Å². The lowest BCUT2D eigenvalue weighted by Gasteiger charge is -2.14. The van der Waals surface area contributed by atoms with Crippen LogP contribution in [0.1, 0.15) is 12.5 Å². The summed E-state index contributed by atoms with van der Waals surface area (Å²) in [5, 5.41) is 39.9. The zero-order chi connectivity index (χ0) is 19.0. The Labute approximate surface area is 148 Å². The second kappa shape index (κ2) is 6.57. The van der Waals surface area contributed by atoms with Crippen LogP contribution < -0.4 is 5.43 Å². The van der Waals surface area contributed by atoms with Crippen LogP contribution in [0.15, 0.2) is 57.8 Å². The topological polar surface area (TPSA) is 111 Å². The van der Waals surface area contributed by atoms with Gasteiger partial charge in [0.25, 0.3) is 0 Å². The lowest BCUT2D eigenvalue weighted by molar-refractivity contribution is 0.209. The van der Waals surface area contributed by atoms with Gasteiger partial charge in [-0.1, -0.05) is 12.2 Å². The third kappa shape index (κ3) is 3.14. The standard InChI is InChI=1S/C20H18O6/c1-10(2)14(22)7-13-15(23)8-18-19(20(13)25)16(24)9-17(26-18)11-3-5-12(21)6-4-11/h3-6,8-9,14,21-23,25H,1,7H2,2H3/t14-/m0/s1. The average Bonchev–Trinajstić information content (AvgIpc) is 2.58. The lowest BCUT2D eigenvalue weighted by atomic mass is 9.99. The SMILES string of the molecule is C=C(C)[C@@H](O)Cc1c(O)cc2oc(-c3ccc(O)cc3)cc(=O)c2c1O. The highest BCUT2D eigenvalue weighted by atomic mass is 16.3. The molecular formula is C20H18O6. The molecule has 0 radical (unpaired) electrons. The minimum atomic E-state index is -0.965. The van der Waals surface area contributed by atoms with Crippen molar-refractivity contribution < 1.29 is 24.8 Å². The lowest BCUT2D eigenvalue weighted by Crippen LogP contribution is -2.12. The fourth-order valence-electron chi connectivity index (χ4n) is 2.67. The van der Waals surface area contributed by atoms with Gasteiger partial charge in [0.05, 0.1) is 6.10 Å². The third-order valence-electron chi connectivity index (χ3n) is 4.19. The third-order valence-corrected chi connectivity index (χ3v) is 4.19. The molecular weight excluding hydrogens is 336 g/mol. The zero-order valence-electron chi connectivity index (χ0n) is 14.1. The van der Waals surface area contributed by atoms with E-state index in [1.54, 1.807) is 19.1 Å². The highest BCUT2D eigenvalue weighted by Gasteiger charge is 2.20. The Morgan fingerprint density at radius 1 is 1.15 bits per heavy atom. The van der Waals surface area contributed by atoms with Crippen molar-refractivity contribution in [2.24, 2.45) is 0 Å². The molecule has 6 heteroatoms. The number of fused-ring (bicyclic) bond motifs is 1.